The maximum atomic E-state index is 13.3. The number of nitrogens with zero attached hydrogens (tertiary/aromatic N) is 1. The van der Waals surface area contributed by atoms with Crippen molar-refractivity contribution < 1.29 is 9.59 Å². The topological polar surface area (TPSA) is 49.4 Å². The van der Waals surface area contributed by atoms with E-state index in [2.05, 4.69) is 51.2 Å². The summed E-state index contributed by atoms with van der Waals surface area (Å²) in [5.74, 6) is 1.32. The highest BCUT2D eigenvalue weighted by Crippen LogP contribution is 2.20. The van der Waals surface area contributed by atoms with Crippen LogP contribution in [0.5, 0.6) is 0 Å². The van der Waals surface area contributed by atoms with Crippen LogP contribution in [0.1, 0.15) is 49.4 Å². The number of carbonyl (C=O) groups is 2. The maximum Gasteiger partial charge on any atom is 0.242 e. The molecule has 1 atom stereocenters. The van der Waals surface area contributed by atoms with Crippen molar-refractivity contribution in [1.82, 2.24) is 10.2 Å². The van der Waals surface area contributed by atoms with Crippen molar-refractivity contribution in [2.24, 2.45) is 5.92 Å². The predicted octanol–water partition coefficient (Wildman–Crippen LogP) is 5.77. The van der Waals surface area contributed by atoms with Gasteiger partial charge < -0.3 is 10.2 Å². The van der Waals surface area contributed by atoms with Crippen LogP contribution in [-0.2, 0) is 21.9 Å². The second-order valence-electron chi connectivity index (χ2n) is 8.70. The number of nitrogens with one attached hydrogen (secondary N) is 1. The van der Waals surface area contributed by atoms with E-state index in [-0.39, 0.29) is 11.8 Å². The van der Waals surface area contributed by atoms with Gasteiger partial charge in [-0.2, -0.15) is 0 Å². The summed E-state index contributed by atoms with van der Waals surface area (Å²) in [6, 6.07) is 13.4. The van der Waals surface area contributed by atoms with Crippen LogP contribution in [0.25, 0.3) is 0 Å². The van der Waals surface area contributed by atoms with E-state index in [1.54, 1.807) is 16.7 Å². The van der Waals surface area contributed by atoms with Crippen molar-refractivity contribution >= 4 is 35.2 Å². The molecule has 32 heavy (non-hydrogen) atoms. The minimum Gasteiger partial charge on any atom is -0.354 e. The van der Waals surface area contributed by atoms with Crippen LogP contribution in [0.4, 0.5) is 0 Å². The van der Waals surface area contributed by atoms with E-state index < -0.39 is 6.04 Å². The van der Waals surface area contributed by atoms with E-state index >= 15 is 0 Å². The lowest BCUT2D eigenvalue weighted by molar-refractivity contribution is -0.139. The first-order valence-electron chi connectivity index (χ1n) is 11.2. The van der Waals surface area contributed by atoms with Gasteiger partial charge in [0.25, 0.3) is 0 Å². The molecule has 6 heteroatoms. The molecule has 0 aromatic heterocycles. The van der Waals surface area contributed by atoms with Gasteiger partial charge >= 0.3 is 0 Å². The van der Waals surface area contributed by atoms with Crippen LogP contribution in [-0.4, -0.2) is 35.1 Å². The molecular formula is C26H35ClN2O2S. The monoisotopic (exact) mass is 474 g/mol. The van der Waals surface area contributed by atoms with Crippen LogP contribution < -0.4 is 5.32 Å². The zero-order valence-electron chi connectivity index (χ0n) is 19.8. The summed E-state index contributed by atoms with van der Waals surface area (Å²) in [4.78, 5) is 27.9. The molecule has 2 amide bonds. The molecule has 2 aromatic rings. The summed E-state index contributed by atoms with van der Waals surface area (Å²) in [6.07, 6.45) is 0.561. The van der Waals surface area contributed by atoms with E-state index in [0.29, 0.717) is 36.2 Å². The highest BCUT2D eigenvalue weighted by atomic mass is 35.5. The van der Waals surface area contributed by atoms with Gasteiger partial charge in [-0.05, 0) is 49.4 Å². The van der Waals surface area contributed by atoms with E-state index in [1.807, 2.05) is 31.2 Å². The van der Waals surface area contributed by atoms with Gasteiger partial charge in [-0.15, -0.1) is 11.8 Å². The van der Waals surface area contributed by atoms with Gasteiger partial charge in [0, 0.05) is 23.9 Å². The Kier molecular flexibility index (Phi) is 10.6. The summed E-state index contributed by atoms with van der Waals surface area (Å²) in [5, 5.41) is 3.65. The Balaban J connectivity index is 2.12. The number of aryl methyl sites for hydroxylation is 2. The molecule has 0 fully saturated rings. The first-order valence-corrected chi connectivity index (χ1v) is 12.7. The number of carbonyl (C=O) groups excluding carboxylic acids is 2. The number of benzene rings is 2. The van der Waals surface area contributed by atoms with Gasteiger partial charge in [-0.25, -0.2) is 0 Å². The number of halogens is 1. The minimum absolute atomic E-state index is 0.0270. The lowest BCUT2D eigenvalue weighted by atomic mass is 10.1. The molecule has 2 aromatic carbocycles. The smallest absolute Gasteiger partial charge is 0.242 e. The van der Waals surface area contributed by atoms with Gasteiger partial charge in [0.1, 0.15) is 6.04 Å². The predicted molar refractivity (Wildman–Crippen MR) is 136 cm³/mol. The summed E-state index contributed by atoms with van der Waals surface area (Å²) in [7, 11) is 0. The standard InChI is InChI=1S/C26H35ClN2O2S/c1-6-24(26(31)28-14-18(2)3)29(15-21-7-9-23(27)10-8-21)25(30)17-32-16-22-12-19(4)11-20(5)13-22/h7-13,18,24H,6,14-17H2,1-5H3,(H,28,31)/t24-/m1/s1. The molecule has 0 saturated heterocycles. The normalized spacial score (nSPS) is 12.0. The maximum absolute atomic E-state index is 13.3. The fourth-order valence-electron chi connectivity index (χ4n) is 3.62. The van der Waals surface area contributed by atoms with Gasteiger partial charge in [0.05, 0.1) is 5.75 Å². The third-order valence-corrected chi connectivity index (χ3v) is 6.35. The van der Waals surface area contributed by atoms with Crippen LogP contribution in [0.2, 0.25) is 5.02 Å². The second kappa shape index (κ2) is 12.9. The van der Waals surface area contributed by atoms with Crippen molar-refractivity contribution in [3.63, 3.8) is 0 Å². The summed E-state index contributed by atoms with van der Waals surface area (Å²) < 4.78 is 0. The molecule has 0 aliphatic heterocycles. The third-order valence-electron chi connectivity index (χ3n) is 5.11. The molecule has 0 unspecified atom stereocenters. The second-order valence-corrected chi connectivity index (χ2v) is 10.1. The Labute approximate surface area is 202 Å². The molecular weight excluding hydrogens is 440 g/mol. The van der Waals surface area contributed by atoms with E-state index in [4.69, 9.17) is 11.6 Å². The molecule has 0 aliphatic carbocycles. The van der Waals surface area contributed by atoms with Crippen molar-refractivity contribution in [2.45, 2.75) is 59.4 Å². The molecule has 2 rings (SSSR count). The minimum atomic E-state index is -0.501. The summed E-state index contributed by atoms with van der Waals surface area (Å²) in [6.45, 7) is 11.2. The Morgan fingerprint density at radius 1 is 1.03 bits per heavy atom. The number of hydrogen-bond acceptors (Lipinski definition) is 3. The zero-order valence-corrected chi connectivity index (χ0v) is 21.4. The van der Waals surface area contributed by atoms with Crippen LogP contribution in [0.15, 0.2) is 42.5 Å². The molecule has 174 valence electrons. The van der Waals surface area contributed by atoms with E-state index in [0.717, 1.165) is 11.3 Å². The number of thioether (sulfide) groups is 1. The first-order chi connectivity index (χ1) is 15.2. The molecule has 0 radical (unpaired) electrons. The zero-order chi connectivity index (χ0) is 23.7. The molecule has 0 saturated carbocycles. The highest BCUT2D eigenvalue weighted by Gasteiger charge is 2.28. The lowest BCUT2D eigenvalue weighted by Gasteiger charge is -2.31. The van der Waals surface area contributed by atoms with Gasteiger partial charge in [-0.3, -0.25) is 9.59 Å². The molecule has 0 spiro atoms. The quantitative estimate of drug-likeness (QED) is 0.449. The third kappa shape index (κ3) is 8.51. The summed E-state index contributed by atoms with van der Waals surface area (Å²) >= 11 is 7.61. The molecule has 0 aliphatic rings. The molecule has 0 bridgehead atoms. The molecule has 4 nitrogen and oxygen atoms in total. The van der Waals surface area contributed by atoms with E-state index in [1.165, 1.54) is 16.7 Å². The molecule has 1 N–H and O–H groups in total. The average molecular weight is 475 g/mol. The number of rotatable bonds is 11. The SMILES string of the molecule is CC[C@H](C(=O)NCC(C)C)N(Cc1ccc(Cl)cc1)C(=O)CSCc1cc(C)cc(C)c1. The Morgan fingerprint density at radius 3 is 2.22 bits per heavy atom. The Bertz CT molecular complexity index is 879. The lowest BCUT2D eigenvalue weighted by Crippen LogP contribution is -2.50. The van der Waals surface area contributed by atoms with Crippen LogP contribution in [0, 0.1) is 19.8 Å². The highest BCUT2D eigenvalue weighted by molar-refractivity contribution is 7.99. The summed E-state index contributed by atoms with van der Waals surface area (Å²) in [5.41, 5.74) is 4.62. The van der Waals surface area contributed by atoms with Gasteiger partial charge in [0.15, 0.2) is 0 Å². The average Bonchev–Trinajstić information content (AvgIpc) is 2.72. The Morgan fingerprint density at radius 2 is 1.66 bits per heavy atom. The molecule has 0 heterocycles. The largest absolute Gasteiger partial charge is 0.354 e. The fourth-order valence-corrected chi connectivity index (χ4v) is 4.59. The first kappa shape index (κ1) is 26.3. The van der Waals surface area contributed by atoms with Crippen LogP contribution >= 0.6 is 23.4 Å². The van der Waals surface area contributed by atoms with Gasteiger partial charge in [-0.1, -0.05) is 73.8 Å². The number of amides is 2. The van der Waals surface area contributed by atoms with Crippen molar-refractivity contribution in [3.05, 3.63) is 69.7 Å². The van der Waals surface area contributed by atoms with E-state index in [9.17, 15) is 9.59 Å². The van der Waals surface area contributed by atoms with Crippen molar-refractivity contribution in [1.29, 1.82) is 0 Å². The van der Waals surface area contributed by atoms with Crippen molar-refractivity contribution in [3.8, 4) is 0 Å². The van der Waals surface area contributed by atoms with Crippen molar-refractivity contribution in [2.75, 3.05) is 12.3 Å². The number of hydrogen-bond donors (Lipinski definition) is 1. The fraction of sp³-hybridized carbons (Fsp3) is 0.462. The van der Waals surface area contributed by atoms with Crippen LogP contribution in [0.3, 0.4) is 0 Å². The van der Waals surface area contributed by atoms with Gasteiger partial charge in [0.2, 0.25) is 11.8 Å². The Hall–Kier alpha value is -1.98.